The first-order valence-corrected chi connectivity index (χ1v) is 4.82. The summed E-state index contributed by atoms with van der Waals surface area (Å²) in [6, 6.07) is 0. The Morgan fingerprint density at radius 1 is 1.36 bits per heavy atom. The van der Waals surface area contributed by atoms with Crippen LogP contribution in [0.15, 0.2) is 0 Å². The summed E-state index contributed by atoms with van der Waals surface area (Å²) in [4.78, 5) is 2.22. The van der Waals surface area contributed by atoms with E-state index in [4.69, 9.17) is 10.5 Å². The van der Waals surface area contributed by atoms with Crippen molar-refractivity contribution in [2.45, 2.75) is 6.92 Å². The molecule has 2 heterocycles. The quantitative estimate of drug-likeness (QED) is 0.694. The van der Waals surface area contributed by atoms with Crippen LogP contribution in [-0.2, 0) is 11.8 Å². The molecule has 1 fully saturated rings. The van der Waals surface area contributed by atoms with Gasteiger partial charge in [0, 0.05) is 20.1 Å². The predicted octanol–water partition coefficient (Wildman–Crippen LogP) is 0.147. The van der Waals surface area contributed by atoms with Crippen molar-refractivity contribution in [1.29, 1.82) is 0 Å². The molecular weight excluding hydrogens is 180 g/mol. The second-order valence-corrected chi connectivity index (χ2v) is 3.55. The number of morpholine rings is 1. The maximum absolute atomic E-state index is 5.97. The van der Waals surface area contributed by atoms with Gasteiger partial charge in [0.1, 0.15) is 0 Å². The van der Waals surface area contributed by atoms with Crippen LogP contribution >= 0.6 is 0 Å². The van der Waals surface area contributed by atoms with Gasteiger partial charge in [-0.3, -0.25) is 4.68 Å². The number of hydrogen-bond donors (Lipinski definition) is 1. The van der Waals surface area contributed by atoms with Crippen molar-refractivity contribution < 1.29 is 4.74 Å². The summed E-state index contributed by atoms with van der Waals surface area (Å²) in [7, 11) is 1.92. The van der Waals surface area contributed by atoms with E-state index in [2.05, 4.69) is 10.00 Å². The molecule has 78 valence electrons. The average Bonchev–Trinajstić information content (AvgIpc) is 2.43. The van der Waals surface area contributed by atoms with Crippen molar-refractivity contribution in [3.8, 4) is 0 Å². The van der Waals surface area contributed by atoms with Crippen LogP contribution in [0.2, 0.25) is 0 Å². The van der Waals surface area contributed by atoms with Gasteiger partial charge in [0.15, 0.2) is 5.82 Å². The molecular formula is C9H16N4O. The van der Waals surface area contributed by atoms with E-state index in [0.29, 0.717) is 0 Å². The molecule has 14 heavy (non-hydrogen) atoms. The summed E-state index contributed by atoms with van der Waals surface area (Å²) in [6.07, 6.45) is 0. The lowest BCUT2D eigenvalue weighted by atomic mass is 10.3. The monoisotopic (exact) mass is 196 g/mol. The van der Waals surface area contributed by atoms with Crippen LogP contribution in [0.25, 0.3) is 0 Å². The fourth-order valence-corrected chi connectivity index (χ4v) is 1.81. The Bertz CT molecular complexity index is 328. The summed E-state index contributed by atoms with van der Waals surface area (Å²) in [5.74, 6) is 1.02. The molecule has 0 aromatic carbocycles. The van der Waals surface area contributed by atoms with Gasteiger partial charge in [-0.05, 0) is 6.92 Å². The van der Waals surface area contributed by atoms with Gasteiger partial charge in [-0.15, -0.1) is 0 Å². The minimum atomic E-state index is 0.768. The summed E-state index contributed by atoms with van der Waals surface area (Å²) in [6.45, 7) is 5.25. The Morgan fingerprint density at radius 3 is 2.50 bits per heavy atom. The van der Waals surface area contributed by atoms with Crippen molar-refractivity contribution in [3.63, 3.8) is 0 Å². The summed E-state index contributed by atoms with van der Waals surface area (Å²) < 4.78 is 7.14. The number of rotatable bonds is 1. The van der Waals surface area contributed by atoms with Gasteiger partial charge >= 0.3 is 0 Å². The largest absolute Gasteiger partial charge is 0.394 e. The number of ether oxygens (including phenoxy) is 1. The van der Waals surface area contributed by atoms with Crippen molar-refractivity contribution in [2.24, 2.45) is 7.05 Å². The summed E-state index contributed by atoms with van der Waals surface area (Å²) in [5, 5.41) is 4.29. The number of nitrogens with two attached hydrogens (primary N) is 1. The Balaban J connectivity index is 2.29. The number of hydrogen-bond acceptors (Lipinski definition) is 4. The van der Waals surface area contributed by atoms with Crippen LogP contribution in [0.3, 0.4) is 0 Å². The molecule has 0 aliphatic carbocycles. The molecule has 0 bridgehead atoms. The van der Waals surface area contributed by atoms with Crippen LogP contribution in [0.5, 0.6) is 0 Å². The first-order chi connectivity index (χ1) is 6.70. The van der Waals surface area contributed by atoms with Crippen LogP contribution in [0.1, 0.15) is 5.69 Å². The van der Waals surface area contributed by atoms with Gasteiger partial charge < -0.3 is 15.4 Å². The highest BCUT2D eigenvalue weighted by atomic mass is 16.5. The second-order valence-electron chi connectivity index (χ2n) is 3.55. The third-order valence-corrected chi connectivity index (χ3v) is 2.55. The minimum absolute atomic E-state index is 0.768. The van der Waals surface area contributed by atoms with Crippen molar-refractivity contribution in [3.05, 3.63) is 5.69 Å². The van der Waals surface area contributed by atoms with Gasteiger partial charge in [-0.2, -0.15) is 5.10 Å². The molecule has 1 aliphatic rings. The smallest absolute Gasteiger partial charge is 0.150 e. The molecule has 0 radical (unpaired) electrons. The number of nitrogens with zero attached hydrogens (tertiary/aromatic N) is 3. The Kier molecular flexibility index (Phi) is 2.33. The zero-order chi connectivity index (χ0) is 10.1. The van der Waals surface area contributed by atoms with Gasteiger partial charge in [-0.25, -0.2) is 0 Å². The van der Waals surface area contributed by atoms with Crippen LogP contribution in [0, 0.1) is 6.92 Å². The number of anilines is 2. The topological polar surface area (TPSA) is 56.3 Å². The molecule has 1 aromatic rings. The molecule has 5 nitrogen and oxygen atoms in total. The molecule has 0 unspecified atom stereocenters. The second kappa shape index (κ2) is 3.49. The van der Waals surface area contributed by atoms with E-state index in [-0.39, 0.29) is 0 Å². The van der Waals surface area contributed by atoms with E-state index in [1.54, 1.807) is 0 Å². The van der Waals surface area contributed by atoms with Crippen molar-refractivity contribution in [2.75, 3.05) is 36.9 Å². The maximum Gasteiger partial charge on any atom is 0.150 e. The number of aromatic nitrogens is 2. The normalized spacial score (nSPS) is 17.4. The lowest BCUT2D eigenvalue weighted by Crippen LogP contribution is -2.37. The van der Waals surface area contributed by atoms with E-state index in [9.17, 15) is 0 Å². The van der Waals surface area contributed by atoms with Crippen LogP contribution in [-0.4, -0.2) is 36.1 Å². The highest BCUT2D eigenvalue weighted by Crippen LogP contribution is 2.25. The van der Waals surface area contributed by atoms with Gasteiger partial charge in [-0.1, -0.05) is 0 Å². The van der Waals surface area contributed by atoms with Gasteiger partial charge in [0.25, 0.3) is 0 Å². The molecule has 1 aliphatic heterocycles. The minimum Gasteiger partial charge on any atom is -0.394 e. The van der Waals surface area contributed by atoms with Gasteiger partial charge in [0.2, 0.25) is 0 Å². The van der Waals surface area contributed by atoms with E-state index < -0.39 is 0 Å². The third kappa shape index (κ3) is 1.43. The van der Waals surface area contributed by atoms with E-state index in [1.165, 1.54) is 0 Å². The lowest BCUT2D eigenvalue weighted by molar-refractivity contribution is 0.122. The Hall–Kier alpha value is -1.23. The van der Waals surface area contributed by atoms with Crippen molar-refractivity contribution in [1.82, 2.24) is 9.78 Å². The molecule has 0 amide bonds. The SMILES string of the molecule is Cc1nn(C)c(N2CCOCC2)c1N. The lowest BCUT2D eigenvalue weighted by Gasteiger charge is -2.28. The van der Waals surface area contributed by atoms with E-state index >= 15 is 0 Å². The van der Waals surface area contributed by atoms with Gasteiger partial charge in [0.05, 0.1) is 24.6 Å². The van der Waals surface area contributed by atoms with Crippen LogP contribution in [0.4, 0.5) is 11.5 Å². The summed E-state index contributed by atoms with van der Waals surface area (Å²) in [5.41, 5.74) is 7.65. The van der Waals surface area contributed by atoms with Crippen LogP contribution < -0.4 is 10.6 Å². The highest BCUT2D eigenvalue weighted by molar-refractivity contribution is 5.66. The molecule has 0 saturated carbocycles. The third-order valence-electron chi connectivity index (χ3n) is 2.55. The van der Waals surface area contributed by atoms with E-state index in [1.807, 2.05) is 18.7 Å². The fourth-order valence-electron chi connectivity index (χ4n) is 1.81. The Morgan fingerprint density at radius 2 is 2.00 bits per heavy atom. The molecule has 2 rings (SSSR count). The number of aryl methyl sites for hydroxylation is 2. The number of nitrogen functional groups attached to an aromatic ring is 1. The molecule has 0 atom stereocenters. The Labute approximate surface area is 83.4 Å². The molecule has 5 heteroatoms. The first-order valence-electron chi connectivity index (χ1n) is 4.82. The van der Waals surface area contributed by atoms with E-state index in [0.717, 1.165) is 43.5 Å². The van der Waals surface area contributed by atoms with Crippen molar-refractivity contribution >= 4 is 11.5 Å². The maximum atomic E-state index is 5.97. The highest BCUT2D eigenvalue weighted by Gasteiger charge is 2.19. The zero-order valence-electron chi connectivity index (χ0n) is 8.66. The molecule has 1 saturated heterocycles. The molecule has 1 aromatic heterocycles. The fraction of sp³-hybridized carbons (Fsp3) is 0.667. The predicted molar refractivity (Wildman–Crippen MR) is 55.4 cm³/mol. The first kappa shape index (κ1) is 9.33. The standard InChI is InChI=1S/C9H16N4O/c1-7-8(10)9(12(2)11-7)13-3-5-14-6-4-13/h3-6,10H2,1-2H3. The zero-order valence-corrected chi connectivity index (χ0v) is 8.66. The summed E-state index contributed by atoms with van der Waals surface area (Å²) >= 11 is 0. The molecule has 0 spiro atoms. The molecule has 2 N–H and O–H groups in total. The average molecular weight is 196 g/mol.